The minimum absolute atomic E-state index is 0.140. The van der Waals surface area contributed by atoms with E-state index in [9.17, 15) is 4.79 Å². The Labute approximate surface area is 159 Å². The van der Waals surface area contributed by atoms with Crippen LogP contribution < -0.4 is 20.1 Å². The number of rotatable bonds is 7. The SMILES string of the molecule is COc1ccc(CNc2nccc(C(=O)NC3CCCCC3)n2)cc1OC. The first-order valence-corrected chi connectivity index (χ1v) is 9.28. The highest BCUT2D eigenvalue weighted by molar-refractivity contribution is 5.92. The molecule has 1 saturated carbocycles. The Morgan fingerprint density at radius 2 is 1.89 bits per heavy atom. The molecule has 1 aromatic heterocycles. The summed E-state index contributed by atoms with van der Waals surface area (Å²) in [6.45, 7) is 0.508. The summed E-state index contributed by atoms with van der Waals surface area (Å²) >= 11 is 0. The lowest BCUT2D eigenvalue weighted by atomic mass is 9.95. The van der Waals surface area contributed by atoms with E-state index in [1.54, 1.807) is 26.5 Å². The number of hydrogen-bond donors (Lipinski definition) is 2. The van der Waals surface area contributed by atoms with Crippen molar-refractivity contribution in [2.45, 2.75) is 44.7 Å². The maximum atomic E-state index is 12.4. The van der Waals surface area contributed by atoms with Crippen molar-refractivity contribution in [2.24, 2.45) is 0 Å². The molecule has 1 aliphatic rings. The van der Waals surface area contributed by atoms with Crippen molar-refractivity contribution in [3.8, 4) is 11.5 Å². The van der Waals surface area contributed by atoms with Gasteiger partial charge in [-0.05, 0) is 36.6 Å². The number of benzene rings is 1. The molecule has 0 spiro atoms. The number of nitrogens with one attached hydrogen (secondary N) is 2. The van der Waals surface area contributed by atoms with Gasteiger partial charge in [0.05, 0.1) is 14.2 Å². The number of ether oxygens (including phenoxy) is 2. The highest BCUT2D eigenvalue weighted by atomic mass is 16.5. The maximum Gasteiger partial charge on any atom is 0.270 e. The molecule has 1 aromatic carbocycles. The van der Waals surface area contributed by atoms with E-state index in [1.807, 2.05) is 18.2 Å². The zero-order valence-corrected chi connectivity index (χ0v) is 15.8. The number of methoxy groups -OCH3 is 2. The van der Waals surface area contributed by atoms with E-state index in [0.717, 1.165) is 18.4 Å². The number of amides is 1. The summed E-state index contributed by atoms with van der Waals surface area (Å²) in [5, 5.41) is 6.23. The van der Waals surface area contributed by atoms with E-state index >= 15 is 0 Å². The summed E-state index contributed by atoms with van der Waals surface area (Å²) in [7, 11) is 3.21. The fraction of sp³-hybridized carbons (Fsp3) is 0.450. The Bertz CT molecular complexity index is 776. The zero-order valence-electron chi connectivity index (χ0n) is 15.8. The van der Waals surface area contributed by atoms with Crippen LogP contribution in [0.15, 0.2) is 30.5 Å². The molecule has 3 rings (SSSR count). The standard InChI is InChI=1S/C20H26N4O3/c1-26-17-9-8-14(12-18(17)27-2)13-22-20-21-11-10-16(24-20)19(25)23-15-6-4-3-5-7-15/h8-12,15H,3-7,13H2,1-2H3,(H,23,25)(H,21,22,24). The fourth-order valence-corrected chi connectivity index (χ4v) is 3.25. The third-order valence-corrected chi connectivity index (χ3v) is 4.73. The van der Waals surface area contributed by atoms with Crippen LogP contribution in [0.4, 0.5) is 5.95 Å². The predicted molar refractivity (Wildman–Crippen MR) is 103 cm³/mol. The molecule has 7 nitrogen and oxygen atoms in total. The molecule has 0 unspecified atom stereocenters. The molecule has 1 aliphatic carbocycles. The molecule has 0 atom stereocenters. The van der Waals surface area contributed by atoms with E-state index in [1.165, 1.54) is 19.3 Å². The number of nitrogens with zero attached hydrogens (tertiary/aromatic N) is 2. The summed E-state index contributed by atoms with van der Waals surface area (Å²) in [5.41, 5.74) is 1.37. The minimum Gasteiger partial charge on any atom is -0.493 e. The number of anilines is 1. The van der Waals surface area contributed by atoms with Crippen LogP contribution in [0.25, 0.3) is 0 Å². The molecular formula is C20H26N4O3. The first-order chi connectivity index (χ1) is 13.2. The maximum absolute atomic E-state index is 12.4. The van der Waals surface area contributed by atoms with Crippen molar-refractivity contribution in [2.75, 3.05) is 19.5 Å². The molecule has 2 N–H and O–H groups in total. The number of carbonyl (C=O) groups is 1. The normalized spacial score (nSPS) is 14.4. The highest BCUT2D eigenvalue weighted by Crippen LogP contribution is 2.27. The number of carbonyl (C=O) groups excluding carboxylic acids is 1. The van der Waals surface area contributed by atoms with Crippen molar-refractivity contribution in [3.05, 3.63) is 41.7 Å². The topological polar surface area (TPSA) is 85.4 Å². The van der Waals surface area contributed by atoms with Gasteiger partial charge in [0.25, 0.3) is 5.91 Å². The van der Waals surface area contributed by atoms with Gasteiger partial charge in [0.2, 0.25) is 5.95 Å². The van der Waals surface area contributed by atoms with Crippen LogP contribution in [0.1, 0.15) is 48.2 Å². The van der Waals surface area contributed by atoms with E-state index in [0.29, 0.717) is 29.7 Å². The van der Waals surface area contributed by atoms with Gasteiger partial charge in [-0.2, -0.15) is 0 Å². The van der Waals surface area contributed by atoms with Crippen molar-refractivity contribution in [3.63, 3.8) is 0 Å². The number of hydrogen-bond acceptors (Lipinski definition) is 6. The van der Waals surface area contributed by atoms with Gasteiger partial charge in [0.15, 0.2) is 11.5 Å². The average molecular weight is 370 g/mol. The van der Waals surface area contributed by atoms with E-state index in [2.05, 4.69) is 20.6 Å². The molecule has 0 radical (unpaired) electrons. The van der Waals surface area contributed by atoms with Gasteiger partial charge < -0.3 is 20.1 Å². The van der Waals surface area contributed by atoms with Crippen molar-refractivity contribution < 1.29 is 14.3 Å². The molecule has 1 heterocycles. The quantitative estimate of drug-likeness (QED) is 0.779. The Morgan fingerprint density at radius 1 is 1.11 bits per heavy atom. The zero-order chi connectivity index (χ0) is 19.1. The molecular weight excluding hydrogens is 344 g/mol. The second kappa shape index (κ2) is 9.21. The van der Waals surface area contributed by atoms with Crippen LogP contribution in [0, 0.1) is 0 Å². The summed E-state index contributed by atoms with van der Waals surface area (Å²) in [6, 6.07) is 7.58. The van der Waals surface area contributed by atoms with Crippen molar-refractivity contribution in [1.82, 2.24) is 15.3 Å². The lowest BCUT2D eigenvalue weighted by molar-refractivity contribution is 0.0922. The monoisotopic (exact) mass is 370 g/mol. The van der Waals surface area contributed by atoms with Crippen LogP contribution in [-0.2, 0) is 6.54 Å². The van der Waals surface area contributed by atoms with Crippen molar-refractivity contribution in [1.29, 1.82) is 0 Å². The van der Waals surface area contributed by atoms with Crippen LogP contribution in [-0.4, -0.2) is 36.1 Å². The molecule has 0 saturated heterocycles. The fourth-order valence-electron chi connectivity index (χ4n) is 3.25. The lowest BCUT2D eigenvalue weighted by Gasteiger charge is -2.22. The lowest BCUT2D eigenvalue weighted by Crippen LogP contribution is -2.36. The number of aromatic nitrogens is 2. The van der Waals surface area contributed by atoms with Gasteiger partial charge >= 0.3 is 0 Å². The summed E-state index contributed by atoms with van der Waals surface area (Å²) in [4.78, 5) is 21.0. The third-order valence-electron chi connectivity index (χ3n) is 4.73. The van der Waals surface area contributed by atoms with Gasteiger partial charge in [-0.1, -0.05) is 25.3 Å². The Kier molecular flexibility index (Phi) is 6.46. The first kappa shape index (κ1) is 18.9. The summed E-state index contributed by atoms with van der Waals surface area (Å²) in [6.07, 6.45) is 7.28. The molecule has 2 aromatic rings. The van der Waals surface area contributed by atoms with Crippen LogP contribution in [0.5, 0.6) is 11.5 Å². The van der Waals surface area contributed by atoms with Gasteiger partial charge in [-0.3, -0.25) is 4.79 Å². The Balaban J connectivity index is 1.61. The highest BCUT2D eigenvalue weighted by Gasteiger charge is 2.17. The molecule has 144 valence electrons. The molecule has 1 fully saturated rings. The van der Waals surface area contributed by atoms with Gasteiger partial charge in [-0.25, -0.2) is 9.97 Å². The van der Waals surface area contributed by atoms with Crippen LogP contribution in [0.3, 0.4) is 0 Å². The van der Waals surface area contributed by atoms with Gasteiger partial charge in [0.1, 0.15) is 5.69 Å². The van der Waals surface area contributed by atoms with Gasteiger partial charge in [-0.15, -0.1) is 0 Å². The second-order valence-corrected chi connectivity index (χ2v) is 6.62. The van der Waals surface area contributed by atoms with E-state index in [-0.39, 0.29) is 11.9 Å². The molecule has 7 heteroatoms. The molecule has 0 aliphatic heterocycles. The second-order valence-electron chi connectivity index (χ2n) is 6.62. The molecule has 0 bridgehead atoms. The summed E-state index contributed by atoms with van der Waals surface area (Å²) in [5.74, 6) is 1.62. The predicted octanol–water partition coefficient (Wildman–Crippen LogP) is 3.17. The van der Waals surface area contributed by atoms with E-state index in [4.69, 9.17) is 9.47 Å². The van der Waals surface area contributed by atoms with Crippen LogP contribution in [0.2, 0.25) is 0 Å². The first-order valence-electron chi connectivity index (χ1n) is 9.28. The summed E-state index contributed by atoms with van der Waals surface area (Å²) < 4.78 is 10.6. The minimum atomic E-state index is -0.140. The molecule has 27 heavy (non-hydrogen) atoms. The third kappa shape index (κ3) is 5.09. The Hall–Kier alpha value is -2.83. The van der Waals surface area contributed by atoms with Gasteiger partial charge in [0, 0.05) is 18.8 Å². The molecule has 1 amide bonds. The van der Waals surface area contributed by atoms with Crippen LogP contribution >= 0.6 is 0 Å². The average Bonchev–Trinajstić information content (AvgIpc) is 2.73. The Morgan fingerprint density at radius 3 is 2.63 bits per heavy atom. The largest absolute Gasteiger partial charge is 0.493 e. The van der Waals surface area contributed by atoms with E-state index < -0.39 is 0 Å². The van der Waals surface area contributed by atoms with Crippen molar-refractivity contribution >= 4 is 11.9 Å². The smallest absolute Gasteiger partial charge is 0.270 e.